The fourth-order valence-corrected chi connectivity index (χ4v) is 5.04. The number of piperidine rings is 1. The molecule has 150 valence electrons. The smallest absolute Gasteiger partial charge is 0.252 e. The Morgan fingerprint density at radius 2 is 1.71 bits per heavy atom. The molecule has 0 bridgehead atoms. The lowest BCUT2D eigenvalue weighted by molar-refractivity contribution is 0.0950. The van der Waals surface area contributed by atoms with Crippen LogP contribution in [0, 0.1) is 0 Å². The molecule has 1 saturated heterocycles. The van der Waals surface area contributed by atoms with Gasteiger partial charge in [0.1, 0.15) is 5.75 Å². The summed E-state index contributed by atoms with van der Waals surface area (Å²) in [6.07, 6.45) is 3.40. The van der Waals surface area contributed by atoms with Crippen LogP contribution in [0.2, 0.25) is 0 Å². The quantitative estimate of drug-likeness (QED) is 0.773. The number of nitrogens with zero attached hydrogens (tertiary/aromatic N) is 1. The summed E-state index contributed by atoms with van der Waals surface area (Å²) in [5, 5.41) is 2.84. The molecule has 0 radical (unpaired) electrons. The molecule has 0 atom stereocenters. The normalized spacial score (nSPS) is 15.2. The number of carbonyl (C=O) groups excluding carboxylic acids is 1. The highest BCUT2D eigenvalue weighted by Gasteiger charge is 2.29. The fraction of sp³-hybridized carbons (Fsp3) is 0.381. The zero-order chi connectivity index (χ0) is 20.0. The Labute approximate surface area is 166 Å². The van der Waals surface area contributed by atoms with Crippen molar-refractivity contribution in [2.45, 2.75) is 30.6 Å². The summed E-state index contributed by atoms with van der Waals surface area (Å²) in [6.45, 7) is 1.44. The molecule has 3 rings (SSSR count). The van der Waals surface area contributed by atoms with E-state index in [4.69, 9.17) is 4.74 Å². The maximum Gasteiger partial charge on any atom is 0.252 e. The first kappa shape index (κ1) is 20.4. The van der Waals surface area contributed by atoms with Crippen molar-refractivity contribution >= 4 is 15.9 Å². The lowest BCUT2D eigenvalue weighted by Crippen LogP contribution is -2.37. The van der Waals surface area contributed by atoms with Crippen molar-refractivity contribution in [2.75, 3.05) is 26.7 Å². The van der Waals surface area contributed by atoms with Crippen LogP contribution in [0.15, 0.2) is 53.4 Å². The number of benzene rings is 2. The summed E-state index contributed by atoms with van der Waals surface area (Å²) in [7, 11) is -2.05. The first-order chi connectivity index (χ1) is 13.5. The average Bonchev–Trinajstić information content (AvgIpc) is 2.75. The summed E-state index contributed by atoms with van der Waals surface area (Å²) in [5.74, 6) is 0.411. The van der Waals surface area contributed by atoms with Crippen molar-refractivity contribution in [1.29, 1.82) is 0 Å². The van der Waals surface area contributed by atoms with Crippen LogP contribution in [0.25, 0.3) is 0 Å². The van der Waals surface area contributed by atoms with Gasteiger partial charge < -0.3 is 10.1 Å². The molecule has 28 heavy (non-hydrogen) atoms. The molecule has 1 fully saturated rings. The third kappa shape index (κ3) is 4.72. The lowest BCUT2D eigenvalue weighted by atomic mass is 10.1. The van der Waals surface area contributed by atoms with Gasteiger partial charge in [-0.25, -0.2) is 8.42 Å². The first-order valence-corrected chi connectivity index (χ1v) is 11.0. The number of methoxy groups -OCH3 is 1. The van der Waals surface area contributed by atoms with Crippen LogP contribution >= 0.6 is 0 Å². The predicted molar refractivity (Wildman–Crippen MR) is 108 cm³/mol. The van der Waals surface area contributed by atoms with Crippen molar-refractivity contribution in [3.05, 3.63) is 59.7 Å². The highest BCUT2D eigenvalue weighted by molar-refractivity contribution is 7.89. The van der Waals surface area contributed by atoms with Crippen molar-refractivity contribution < 1.29 is 17.9 Å². The maximum absolute atomic E-state index is 13.0. The van der Waals surface area contributed by atoms with Gasteiger partial charge in [0, 0.05) is 19.6 Å². The van der Waals surface area contributed by atoms with Crippen LogP contribution in [0.3, 0.4) is 0 Å². The third-order valence-corrected chi connectivity index (χ3v) is 6.88. The first-order valence-electron chi connectivity index (χ1n) is 9.52. The van der Waals surface area contributed by atoms with E-state index in [2.05, 4.69) is 5.32 Å². The van der Waals surface area contributed by atoms with E-state index in [0.29, 0.717) is 26.1 Å². The van der Waals surface area contributed by atoms with Gasteiger partial charge in [-0.3, -0.25) is 4.79 Å². The Kier molecular flexibility index (Phi) is 6.70. The number of ether oxygens (including phenoxy) is 1. The van der Waals surface area contributed by atoms with Crippen LogP contribution in [0.1, 0.15) is 35.2 Å². The number of hydrogen-bond acceptors (Lipinski definition) is 4. The van der Waals surface area contributed by atoms with Gasteiger partial charge >= 0.3 is 0 Å². The van der Waals surface area contributed by atoms with Crippen LogP contribution in [-0.2, 0) is 16.4 Å². The highest BCUT2D eigenvalue weighted by atomic mass is 32.2. The molecular weight excluding hydrogens is 376 g/mol. The summed E-state index contributed by atoms with van der Waals surface area (Å²) >= 11 is 0. The van der Waals surface area contributed by atoms with E-state index in [-0.39, 0.29) is 16.4 Å². The van der Waals surface area contributed by atoms with Crippen molar-refractivity contribution in [3.63, 3.8) is 0 Å². The Bertz CT molecular complexity index is 904. The molecule has 2 aromatic rings. The van der Waals surface area contributed by atoms with Crippen LogP contribution in [-0.4, -0.2) is 45.4 Å². The largest absolute Gasteiger partial charge is 0.497 e. The number of rotatable bonds is 7. The van der Waals surface area contributed by atoms with Gasteiger partial charge in [-0.2, -0.15) is 4.31 Å². The minimum Gasteiger partial charge on any atom is -0.497 e. The molecule has 0 aromatic heterocycles. The van der Waals surface area contributed by atoms with Crippen molar-refractivity contribution in [2.24, 2.45) is 0 Å². The number of carbonyl (C=O) groups is 1. The SMILES string of the molecule is COc1ccc(CCNC(=O)c2ccccc2S(=O)(=O)N2CCCCC2)cc1. The van der Waals surface area contributed by atoms with Crippen LogP contribution < -0.4 is 10.1 Å². The maximum atomic E-state index is 13.0. The van der Waals surface area contributed by atoms with Crippen molar-refractivity contribution in [3.8, 4) is 5.75 Å². The van der Waals surface area contributed by atoms with Gasteiger partial charge in [0.15, 0.2) is 0 Å². The van der Waals surface area contributed by atoms with Crippen molar-refractivity contribution in [1.82, 2.24) is 9.62 Å². The summed E-state index contributed by atoms with van der Waals surface area (Å²) in [5.41, 5.74) is 1.26. The van der Waals surface area contributed by atoms with E-state index in [9.17, 15) is 13.2 Å². The molecule has 1 heterocycles. The number of amides is 1. The second kappa shape index (κ2) is 9.21. The Morgan fingerprint density at radius 3 is 2.39 bits per heavy atom. The van der Waals surface area contributed by atoms with E-state index in [1.54, 1.807) is 25.3 Å². The molecule has 1 aliphatic heterocycles. The molecule has 1 aliphatic rings. The molecule has 1 amide bonds. The second-order valence-corrected chi connectivity index (χ2v) is 8.72. The number of hydrogen-bond donors (Lipinski definition) is 1. The Hall–Kier alpha value is -2.38. The molecule has 7 heteroatoms. The van der Waals surface area contributed by atoms with E-state index in [1.165, 1.54) is 10.4 Å². The monoisotopic (exact) mass is 402 g/mol. The van der Waals surface area contributed by atoms with E-state index in [0.717, 1.165) is 30.6 Å². The molecule has 6 nitrogen and oxygen atoms in total. The molecule has 1 N–H and O–H groups in total. The van der Waals surface area contributed by atoms with E-state index >= 15 is 0 Å². The summed E-state index contributed by atoms with van der Waals surface area (Å²) < 4.78 is 32.6. The zero-order valence-corrected chi connectivity index (χ0v) is 16.9. The minimum atomic E-state index is -3.66. The van der Waals surface area contributed by atoms with Gasteiger partial charge in [-0.1, -0.05) is 30.7 Å². The van der Waals surface area contributed by atoms with Gasteiger partial charge in [0.05, 0.1) is 17.6 Å². The van der Waals surface area contributed by atoms with Gasteiger partial charge in [0.2, 0.25) is 10.0 Å². The average molecular weight is 403 g/mol. The third-order valence-electron chi connectivity index (χ3n) is 4.92. The lowest BCUT2D eigenvalue weighted by Gasteiger charge is -2.26. The number of nitrogens with one attached hydrogen (secondary N) is 1. The van der Waals surface area contributed by atoms with E-state index < -0.39 is 10.0 Å². The zero-order valence-electron chi connectivity index (χ0n) is 16.1. The molecular formula is C21H26N2O4S. The Morgan fingerprint density at radius 1 is 1.04 bits per heavy atom. The molecule has 0 unspecified atom stereocenters. The minimum absolute atomic E-state index is 0.0823. The molecule has 0 aliphatic carbocycles. The second-order valence-electron chi connectivity index (χ2n) is 6.81. The predicted octanol–water partition coefficient (Wildman–Crippen LogP) is 2.84. The van der Waals surface area contributed by atoms with E-state index in [1.807, 2.05) is 24.3 Å². The van der Waals surface area contributed by atoms with Crippen LogP contribution in [0.4, 0.5) is 0 Å². The van der Waals surface area contributed by atoms with Gasteiger partial charge in [-0.05, 0) is 49.1 Å². The summed E-state index contributed by atoms with van der Waals surface area (Å²) in [6, 6.07) is 14.1. The standard InChI is InChI=1S/C21H26N2O4S/c1-27-18-11-9-17(10-12-18)13-14-22-21(24)19-7-3-4-8-20(19)28(25,26)23-15-5-2-6-16-23/h3-4,7-12H,2,5-6,13-16H2,1H3,(H,22,24). The molecule has 0 spiro atoms. The summed E-state index contributed by atoms with van der Waals surface area (Å²) in [4.78, 5) is 12.8. The highest BCUT2D eigenvalue weighted by Crippen LogP contribution is 2.23. The molecule has 2 aromatic carbocycles. The fourth-order valence-electron chi connectivity index (χ4n) is 3.33. The number of sulfonamides is 1. The van der Waals surface area contributed by atoms with Gasteiger partial charge in [0.25, 0.3) is 5.91 Å². The Balaban J connectivity index is 1.68. The molecule has 0 saturated carbocycles. The topological polar surface area (TPSA) is 75.7 Å². The van der Waals surface area contributed by atoms with Crippen LogP contribution in [0.5, 0.6) is 5.75 Å². The van der Waals surface area contributed by atoms with Gasteiger partial charge in [-0.15, -0.1) is 0 Å².